The number of likely N-dealkylation sites (tertiary alicyclic amines) is 1. The van der Waals surface area contributed by atoms with Gasteiger partial charge in [0.05, 0.1) is 19.3 Å². The molecule has 2 aliphatic heterocycles. The van der Waals surface area contributed by atoms with Crippen LogP contribution in [0.15, 0.2) is 0 Å². The lowest BCUT2D eigenvalue weighted by molar-refractivity contribution is -0.139. The highest BCUT2D eigenvalue weighted by Gasteiger charge is 2.28. The summed E-state index contributed by atoms with van der Waals surface area (Å²) in [6.45, 7) is 2.88. The van der Waals surface area contributed by atoms with E-state index in [0.29, 0.717) is 26.0 Å². The normalized spacial score (nSPS) is 23.1. The van der Waals surface area contributed by atoms with E-state index >= 15 is 0 Å². The number of hydrogen-bond donors (Lipinski definition) is 1. The summed E-state index contributed by atoms with van der Waals surface area (Å²) in [6, 6.07) is 0. The van der Waals surface area contributed by atoms with E-state index in [4.69, 9.17) is 4.74 Å². The quantitative estimate of drug-likeness (QED) is 0.680. The van der Waals surface area contributed by atoms with Crippen LogP contribution in [0.5, 0.6) is 0 Å². The fourth-order valence-corrected chi connectivity index (χ4v) is 2.15. The maximum absolute atomic E-state index is 11.3. The summed E-state index contributed by atoms with van der Waals surface area (Å²) in [7, 11) is 0. The second-order valence-corrected chi connectivity index (χ2v) is 4.26. The Balaban J connectivity index is 1.67. The van der Waals surface area contributed by atoms with Gasteiger partial charge >= 0.3 is 0 Å². The number of imide groups is 1. The fraction of sp³-hybridized carbons (Fsp3) is 0.818. The predicted molar refractivity (Wildman–Crippen MR) is 57.8 cm³/mol. The second kappa shape index (κ2) is 5.41. The molecule has 2 rings (SSSR count). The Kier molecular flexibility index (Phi) is 3.90. The number of hydrogen-bond acceptors (Lipinski definition) is 4. The molecule has 0 radical (unpaired) electrons. The molecule has 5 nitrogen and oxygen atoms in total. The molecule has 0 aromatic rings. The number of carbonyl (C=O) groups excluding carboxylic acids is 2. The number of rotatable bonds is 4. The topological polar surface area (TPSA) is 58.6 Å². The zero-order valence-corrected chi connectivity index (χ0v) is 9.41. The Labute approximate surface area is 95.1 Å². The van der Waals surface area contributed by atoms with Crippen LogP contribution in [0.2, 0.25) is 0 Å². The minimum Gasteiger partial charge on any atom is -0.376 e. The molecule has 0 unspecified atom stereocenters. The average molecular weight is 226 g/mol. The highest BCUT2D eigenvalue weighted by molar-refractivity contribution is 6.01. The summed E-state index contributed by atoms with van der Waals surface area (Å²) in [5.74, 6) is -0.113. The highest BCUT2D eigenvalue weighted by atomic mass is 16.5. The molecule has 0 spiro atoms. The van der Waals surface area contributed by atoms with Crippen LogP contribution in [-0.2, 0) is 14.3 Å². The lowest BCUT2D eigenvalue weighted by Gasteiger charge is -2.24. The molecule has 16 heavy (non-hydrogen) atoms. The molecule has 2 fully saturated rings. The van der Waals surface area contributed by atoms with Gasteiger partial charge in [-0.1, -0.05) is 0 Å². The van der Waals surface area contributed by atoms with Crippen molar-refractivity contribution in [1.82, 2.24) is 10.2 Å². The van der Waals surface area contributed by atoms with Gasteiger partial charge in [-0.2, -0.15) is 0 Å². The summed E-state index contributed by atoms with van der Waals surface area (Å²) in [4.78, 5) is 23.9. The van der Waals surface area contributed by atoms with Crippen molar-refractivity contribution in [3.8, 4) is 0 Å². The van der Waals surface area contributed by atoms with Gasteiger partial charge in [-0.25, -0.2) is 0 Å². The van der Waals surface area contributed by atoms with Crippen LogP contribution in [0.1, 0.15) is 25.7 Å². The number of carbonyl (C=O) groups is 2. The average Bonchev–Trinajstić information content (AvgIpc) is 2.62. The Bertz CT molecular complexity index is 258. The molecule has 0 aromatic carbocycles. The number of nitrogens with zero attached hydrogens (tertiary/aromatic N) is 1. The van der Waals surface area contributed by atoms with Crippen molar-refractivity contribution in [1.29, 1.82) is 0 Å². The molecule has 2 saturated heterocycles. The van der Waals surface area contributed by atoms with Gasteiger partial charge in [0.25, 0.3) is 0 Å². The van der Waals surface area contributed by atoms with Gasteiger partial charge in [-0.05, 0) is 25.9 Å². The zero-order chi connectivity index (χ0) is 11.4. The first-order valence-corrected chi connectivity index (χ1v) is 5.93. The monoisotopic (exact) mass is 226 g/mol. The van der Waals surface area contributed by atoms with Crippen LogP contribution >= 0.6 is 0 Å². The van der Waals surface area contributed by atoms with Crippen LogP contribution in [0.4, 0.5) is 0 Å². The molecule has 0 bridgehead atoms. The molecular weight excluding hydrogens is 208 g/mol. The lowest BCUT2D eigenvalue weighted by atomic mass is 10.1. The number of nitrogens with one attached hydrogen (secondary N) is 1. The van der Waals surface area contributed by atoms with E-state index in [1.54, 1.807) is 0 Å². The smallest absolute Gasteiger partial charge is 0.229 e. The van der Waals surface area contributed by atoms with Crippen molar-refractivity contribution in [3.05, 3.63) is 0 Å². The van der Waals surface area contributed by atoms with Crippen LogP contribution < -0.4 is 5.32 Å². The minimum atomic E-state index is -0.0566. The Morgan fingerprint density at radius 1 is 1.19 bits per heavy atom. The van der Waals surface area contributed by atoms with Gasteiger partial charge in [-0.3, -0.25) is 14.5 Å². The maximum Gasteiger partial charge on any atom is 0.229 e. The van der Waals surface area contributed by atoms with Crippen LogP contribution in [0.3, 0.4) is 0 Å². The zero-order valence-electron chi connectivity index (χ0n) is 9.41. The predicted octanol–water partition coefficient (Wildman–Crippen LogP) is -0.0960. The van der Waals surface area contributed by atoms with E-state index in [1.807, 2.05) is 0 Å². The molecule has 2 amide bonds. The van der Waals surface area contributed by atoms with E-state index in [0.717, 1.165) is 25.9 Å². The van der Waals surface area contributed by atoms with E-state index in [-0.39, 0.29) is 17.9 Å². The highest BCUT2D eigenvalue weighted by Crippen LogP contribution is 2.12. The van der Waals surface area contributed by atoms with Gasteiger partial charge in [0, 0.05) is 12.8 Å². The summed E-state index contributed by atoms with van der Waals surface area (Å²) < 4.78 is 5.66. The largest absolute Gasteiger partial charge is 0.376 e. The Morgan fingerprint density at radius 2 is 1.81 bits per heavy atom. The molecule has 0 saturated carbocycles. The molecule has 2 heterocycles. The maximum atomic E-state index is 11.3. The van der Waals surface area contributed by atoms with Crippen molar-refractivity contribution in [2.75, 3.05) is 26.2 Å². The first-order valence-electron chi connectivity index (χ1n) is 5.93. The van der Waals surface area contributed by atoms with Crippen LogP contribution in [-0.4, -0.2) is 49.1 Å². The number of piperidine rings is 1. The molecule has 1 N–H and O–H groups in total. The van der Waals surface area contributed by atoms with Crippen LogP contribution in [0.25, 0.3) is 0 Å². The molecule has 90 valence electrons. The molecule has 0 aromatic heterocycles. The third kappa shape index (κ3) is 2.80. The first kappa shape index (κ1) is 11.5. The van der Waals surface area contributed by atoms with Crippen molar-refractivity contribution in [2.45, 2.75) is 31.8 Å². The van der Waals surface area contributed by atoms with Gasteiger partial charge in [0.1, 0.15) is 0 Å². The molecule has 2 aliphatic rings. The Morgan fingerprint density at radius 3 is 2.44 bits per heavy atom. The fourth-order valence-electron chi connectivity index (χ4n) is 2.15. The molecule has 5 heteroatoms. The summed E-state index contributed by atoms with van der Waals surface area (Å²) >= 11 is 0. The van der Waals surface area contributed by atoms with Gasteiger partial charge in [0.2, 0.25) is 11.8 Å². The third-order valence-electron chi connectivity index (χ3n) is 3.11. The number of amides is 2. The van der Waals surface area contributed by atoms with E-state index in [2.05, 4.69) is 5.32 Å². The molecule has 0 aliphatic carbocycles. The van der Waals surface area contributed by atoms with E-state index in [9.17, 15) is 9.59 Å². The van der Waals surface area contributed by atoms with Crippen molar-refractivity contribution >= 4 is 11.8 Å². The van der Waals surface area contributed by atoms with Crippen molar-refractivity contribution < 1.29 is 14.3 Å². The van der Waals surface area contributed by atoms with Crippen molar-refractivity contribution in [2.24, 2.45) is 0 Å². The standard InChI is InChI=1S/C11H18N2O3/c14-10-1-2-11(15)13(10)7-8-16-9-3-5-12-6-4-9/h9,12H,1-8H2. The van der Waals surface area contributed by atoms with Crippen LogP contribution in [0, 0.1) is 0 Å². The SMILES string of the molecule is O=C1CCC(=O)N1CCOC1CCNCC1. The summed E-state index contributed by atoms with van der Waals surface area (Å²) in [5.41, 5.74) is 0. The third-order valence-corrected chi connectivity index (χ3v) is 3.11. The van der Waals surface area contributed by atoms with E-state index < -0.39 is 0 Å². The summed E-state index contributed by atoms with van der Waals surface area (Å²) in [6.07, 6.45) is 3.05. The second-order valence-electron chi connectivity index (χ2n) is 4.26. The lowest BCUT2D eigenvalue weighted by Crippen LogP contribution is -2.36. The minimum absolute atomic E-state index is 0.0566. The van der Waals surface area contributed by atoms with E-state index in [1.165, 1.54) is 4.90 Å². The Hall–Kier alpha value is -0.940. The number of ether oxygens (including phenoxy) is 1. The van der Waals surface area contributed by atoms with Gasteiger partial charge < -0.3 is 10.1 Å². The van der Waals surface area contributed by atoms with Gasteiger partial charge in [0.15, 0.2) is 0 Å². The van der Waals surface area contributed by atoms with Crippen molar-refractivity contribution in [3.63, 3.8) is 0 Å². The summed E-state index contributed by atoms with van der Waals surface area (Å²) in [5, 5.41) is 3.26. The first-order chi connectivity index (χ1) is 7.77. The van der Waals surface area contributed by atoms with Gasteiger partial charge in [-0.15, -0.1) is 0 Å². The molecule has 0 atom stereocenters. The molecular formula is C11H18N2O3.